The van der Waals surface area contributed by atoms with Crippen molar-refractivity contribution in [2.75, 3.05) is 13.7 Å². The zero-order valence-electron chi connectivity index (χ0n) is 15.5. The van der Waals surface area contributed by atoms with E-state index < -0.39 is 0 Å². The molecule has 0 aromatic carbocycles. The quantitative estimate of drug-likeness (QED) is 0.747. The van der Waals surface area contributed by atoms with E-state index in [9.17, 15) is 9.90 Å². The molecule has 1 saturated heterocycles. The van der Waals surface area contributed by atoms with E-state index >= 15 is 0 Å². The van der Waals surface area contributed by atoms with Crippen molar-refractivity contribution in [2.45, 2.75) is 89.4 Å². The lowest BCUT2D eigenvalue weighted by Gasteiger charge is -2.47. The Morgan fingerprint density at radius 1 is 1.13 bits per heavy atom. The van der Waals surface area contributed by atoms with Gasteiger partial charge in [0, 0.05) is 36.8 Å². The molecular weight excluding hydrogens is 290 g/mol. The van der Waals surface area contributed by atoms with E-state index in [1.807, 2.05) is 11.9 Å². The highest BCUT2D eigenvalue weighted by atomic mass is 16.3. The zero-order chi connectivity index (χ0) is 17.3. The summed E-state index contributed by atoms with van der Waals surface area (Å²) < 4.78 is 0. The average Bonchev–Trinajstić information content (AvgIpc) is 2.43. The maximum atomic E-state index is 12.6. The number of nitrogens with one attached hydrogen (secondary N) is 2. The number of piperidine rings is 1. The molecule has 5 heteroatoms. The number of carbonyl (C=O) groups is 1. The summed E-state index contributed by atoms with van der Waals surface area (Å²) in [5.41, 5.74) is 0.0783. The molecule has 0 atom stereocenters. The molecule has 0 spiro atoms. The highest BCUT2D eigenvalue weighted by molar-refractivity contribution is 5.74. The number of carbonyl (C=O) groups excluding carboxylic acids is 1. The lowest BCUT2D eigenvalue weighted by molar-refractivity contribution is 0.119. The second-order valence-electron chi connectivity index (χ2n) is 8.92. The molecule has 2 amide bonds. The van der Waals surface area contributed by atoms with Crippen molar-refractivity contribution in [1.82, 2.24) is 15.5 Å². The van der Waals surface area contributed by atoms with Crippen molar-refractivity contribution < 1.29 is 9.90 Å². The van der Waals surface area contributed by atoms with Gasteiger partial charge in [0.05, 0.1) is 0 Å². The average molecular weight is 325 g/mol. The normalized spacial score (nSPS) is 30.7. The lowest BCUT2D eigenvalue weighted by Crippen LogP contribution is -2.63. The first kappa shape index (κ1) is 18.5. The molecule has 134 valence electrons. The molecule has 0 aromatic heterocycles. The summed E-state index contributed by atoms with van der Waals surface area (Å²) in [5.74, 6) is 0.425. The summed E-state index contributed by atoms with van der Waals surface area (Å²) in [6, 6.07) is 0.571. The van der Waals surface area contributed by atoms with Crippen LogP contribution in [0.4, 0.5) is 4.79 Å². The number of urea groups is 1. The SMILES string of the molecule is CN(C(=O)NC1CC(C)(C)NC(C)(C)C1)C1CCC(CO)CC1. The molecule has 1 heterocycles. The summed E-state index contributed by atoms with van der Waals surface area (Å²) in [6.07, 6.45) is 5.94. The van der Waals surface area contributed by atoms with Gasteiger partial charge in [-0.2, -0.15) is 0 Å². The molecule has 1 aliphatic heterocycles. The monoisotopic (exact) mass is 325 g/mol. The summed E-state index contributed by atoms with van der Waals surface area (Å²) in [4.78, 5) is 14.5. The minimum absolute atomic E-state index is 0.0391. The third-order valence-electron chi connectivity index (χ3n) is 5.46. The first-order valence-electron chi connectivity index (χ1n) is 9.05. The molecule has 0 bridgehead atoms. The van der Waals surface area contributed by atoms with E-state index in [0.29, 0.717) is 12.0 Å². The van der Waals surface area contributed by atoms with Gasteiger partial charge in [0.25, 0.3) is 0 Å². The molecule has 1 saturated carbocycles. The van der Waals surface area contributed by atoms with Gasteiger partial charge in [-0.25, -0.2) is 4.79 Å². The minimum atomic E-state index is 0.0391. The third-order valence-corrected chi connectivity index (χ3v) is 5.46. The Hall–Kier alpha value is -0.810. The molecule has 0 aromatic rings. The predicted octanol–water partition coefficient (Wildman–Crippen LogP) is 2.49. The van der Waals surface area contributed by atoms with Crippen molar-refractivity contribution in [3.05, 3.63) is 0 Å². The Morgan fingerprint density at radius 2 is 1.65 bits per heavy atom. The van der Waals surface area contributed by atoms with Crippen LogP contribution in [0.1, 0.15) is 66.2 Å². The van der Waals surface area contributed by atoms with Crippen molar-refractivity contribution >= 4 is 6.03 Å². The maximum Gasteiger partial charge on any atom is 0.317 e. The summed E-state index contributed by atoms with van der Waals surface area (Å²) in [5, 5.41) is 16.1. The van der Waals surface area contributed by atoms with Gasteiger partial charge < -0.3 is 20.6 Å². The second kappa shape index (κ2) is 6.98. The Labute approximate surface area is 141 Å². The number of nitrogens with zero attached hydrogens (tertiary/aromatic N) is 1. The molecule has 23 heavy (non-hydrogen) atoms. The largest absolute Gasteiger partial charge is 0.396 e. The van der Waals surface area contributed by atoms with E-state index in [1.54, 1.807) is 0 Å². The van der Waals surface area contributed by atoms with E-state index in [2.05, 4.69) is 38.3 Å². The van der Waals surface area contributed by atoms with E-state index in [4.69, 9.17) is 0 Å². The topological polar surface area (TPSA) is 64.6 Å². The van der Waals surface area contributed by atoms with Crippen LogP contribution in [-0.4, -0.2) is 52.9 Å². The number of hydrogen-bond donors (Lipinski definition) is 3. The highest BCUT2D eigenvalue weighted by Gasteiger charge is 2.38. The summed E-state index contributed by atoms with van der Waals surface area (Å²) in [7, 11) is 1.91. The molecule has 2 fully saturated rings. The molecule has 2 rings (SSSR count). The van der Waals surface area contributed by atoms with Crippen molar-refractivity contribution in [1.29, 1.82) is 0 Å². The van der Waals surface area contributed by atoms with Gasteiger partial charge in [-0.05, 0) is 72.1 Å². The molecule has 3 N–H and O–H groups in total. The van der Waals surface area contributed by atoms with Gasteiger partial charge in [0.1, 0.15) is 0 Å². The molecule has 0 unspecified atom stereocenters. The molecular formula is C18H35N3O2. The summed E-state index contributed by atoms with van der Waals surface area (Å²) in [6.45, 7) is 9.08. The smallest absolute Gasteiger partial charge is 0.317 e. The number of aliphatic hydroxyl groups excluding tert-OH is 1. The Bertz CT molecular complexity index is 398. The molecule has 2 aliphatic rings. The van der Waals surface area contributed by atoms with E-state index in [-0.39, 0.29) is 29.8 Å². The van der Waals surface area contributed by atoms with Crippen LogP contribution < -0.4 is 10.6 Å². The van der Waals surface area contributed by atoms with Crippen LogP contribution in [0.15, 0.2) is 0 Å². The molecule has 0 radical (unpaired) electrons. The molecule has 1 aliphatic carbocycles. The number of rotatable bonds is 3. The van der Waals surface area contributed by atoms with Crippen LogP contribution in [0.3, 0.4) is 0 Å². The predicted molar refractivity (Wildman–Crippen MR) is 93.4 cm³/mol. The fraction of sp³-hybridized carbons (Fsp3) is 0.944. The van der Waals surface area contributed by atoms with Crippen LogP contribution in [0.5, 0.6) is 0 Å². The van der Waals surface area contributed by atoms with Gasteiger partial charge in [-0.15, -0.1) is 0 Å². The van der Waals surface area contributed by atoms with Gasteiger partial charge in [-0.3, -0.25) is 0 Å². The van der Waals surface area contributed by atoms with Crippen LogP contribution in [0, 0.1) is 5.92 Å². The number of amides is 2. The molecule has 5 nitrogen and oxygen atoms in total. The fourth-order valence-corrected chi connectivity index (χ4v) is 4.58. The first-order valence-corrected chi connectivity index (χ1v) is 9.05. The van der Waals surface area contributed by atoms with Crippen LogP contribution in [0.25, 0.3) is 0 Å². The first-order chi connectivity index (χ1) is 10.6. The Balaban J connectivity index is 1.88. The van der Waals surface area contributed by atoms with Gasteiger partial charge in [0.15, 0.2) is 0 Å². The van der Waals surface area contributed by atoms with Gasteiger partial charge >= 0.3 is 6.03 Å². The van der Waals surface area contributed by atoms with Gasteiger partial charge in [-0.1, -0.05) is 0 Å². The maximum absolute atomic E-state index is 12.6. The lowest BCUT2D eigenvalue weighted by atomic mass is 9.79. The van der Waals surface area contributed by atoms with Gasteiger partial charge in [0.2, 0.25) is 0 Å². The van der Waals surface area contributed by atoms with Crippen LogP contribution in [-0.2, 0) is 0 Å². The van der Waals surface area contributed by atoms with E-state index in [0.717, 1.165) is 38.5 Å². The second-order valence-corrected chi connectivity index (χ2v) is 8.92. The standard InChI is InChI=1S/C18H35N3O2/c1-17(2)10-14(11-18(3,4)20-17)19-16(23)21(5)15-8-6-13(12-22)7-9-15/h13-15,20,22H,6-12H2,1-5H3,(H,19,23). The Morgan fingerprint density at radius 3 is 2.13 bits per heavy atom. The number of hydrogen-bond acceptors (Lipinski definition) is 3. The van der Waals surface area contributed by atoms with Crippen LogP contribution in [0.2, 0.25) is 0 Å². The van der Waals surface area contributed by atoms with Crippen molar-refractivity contribution in [3.8, 4) is 0 Å². The fourth-order valence-electron chi connectivity index (χ4n) is 4.58. The van der Waals surface area contributed by atoms with Crippen LogP contribution >= 0.6 is 0 Å². The highest BCUT2D eigenvalue weighted by Crippen LogP contribution is 2.29. The number of aliphatic hydroxyl groups is 1. The Kier molecular flexibility index (Phi) is 5.62. The van der Waals surface area contributed by atoms with Crippen molar-refractivity contribution in [3.63, 3.8) is 0 Å². The third kappa shape index (κ3) is 5.08. The van der Waals surface area contributed by atoms with Crippen molar-refractivity contribution in [2.24, 2.45) is 5.92 Å². The minimum Gasteiger partial charge on any atom is -0.396 e. The zero-order valence-corrected chi connectivity index (χ0v) is 15.5. The summed E-state index contributed by atoms with van der Waals surface area (Å²) >= 11 is 0. The van der Waals surface area contributed by atoms with E-state index in [1.165, 1.54) is 0 Å².